The van der Waals surface area contributed by atoms with Gasteiger partial charge in [0.25, 0.3) is 0 Å². The van der Waals surface area contributed by atoms with Crippen LogP contribution >= 0.6 is 22.9 Å². The van der Waals surface area contributed by atoms with E-state index in [1.54, 1.807) is 30.8 Å². The predicted molar refractivity (Wildman–Crippen MR) is 84.9 cm³/mol. The summed E-state index contributed by atoms with van der Waals surface area (Å²) in [5.41, 5.74) is 1.14. The molecule has 0 saturated heterocycles. The lowest BCUT2D eigenvalue weighted by Crippen LogP contribution is -2.24. The molecule has 2 aromatic heterocycles. The Morgan fingerprint density at radius 2 is 2.25 bits per heavy atom. The molecule has 0 saturated carbocycles. The van der Waals surface area contributed by atoms with Gasteiger partial charge in [0.2, 0.25) is 0 Å². The van der Waals surface area contributed by atoms with E-state index in [9.17, 15) is 0 Å². The quantitative estimate of drug-likeness (QED) is 0.836. The summed E-state index contributed by atoms with van der Waals surface area (Å²) in [5, 5.41) is 3.57. The van der Waals surface area contributed by atoms with E-state index < -0.39 is 0 Å². The molecule has 2 rings (SSSR count). The Labute approximate surface area is 129 Å². The van der Waals surface area contributed by atoms with Crippen molar-refractivity contribution in [1.82, 2.24) is 10.3 Å². The summed E-state index contributed by atoms with van der Waals surface area (Å²) in [6.45, 7) is 3.13. The number of nitrogens with one attached hydrogen (secondary N) is 1. The van der Waals surface area contributed by atoms with Crippen LogP contribution in [0.4, 0.5) is 0 Å². The van der Waals surface area contributed by atoms with Gasteiger partial charge in [-0.1, -0.05) is 18.5 Å². The second-order valence-corrected chi connectivity index (χ2v) is 6.33. The number of nitrogens with zero attached hydrogens (tertiary/aromatic N) is 1. The van der Waals surface area contributed by atoms with E-state index in [1.165, 1.54) is 4.88 Å². The van der Waals surface area contributed by atoms with Crippen molar-refractivity contribution >= 4 is 22.9 Å². The third-order valence-corrected chi connectivity index (χ3v) is 4.34. The summed E-state index contributed by atoms with van der Waals surface area (Å²) in [7, 11) is 1.68. The Balaban J connectivity index is 2.22. The Kier molecular flexibility index (Phi) is 5.83. The van der Waals surface area contributed by atoms with Gasteiger partial charge in [0.1, 0.15) is 5.75 Å². The first-order valence-electron chi connectivity index (χ1n) is 6.70. The lowest BCUT2D eigenvalue weighted by Gasteiger charge is -2.20. The molecule has 108 valence electrons. The molecule has 1 unspecified atom stereocenters. The van der Waals surface area contributed by atoms with Gasteiger partial charge in [-0.2, -0.15) is 0 Å². The van der Waals surface area contributed by atoms with Gasteiger partial charge in [-0.15, -0.1) is 11.3 Å². The van der Waals surface area contributed by atoms with Crippen molar-refractivity contribution < 1.29 is 4.74 Å². The summed E-state index contributed by atoms with van der Waals surface area (Å²) in [6.07, 6.45) is 5.56. The molecular formula is C15H19ClN2OS. The Morgan fingerprint density at radius 3 is 2.90 bits per heavy atom. The van der Waals surface area contributed by atoms with Crippen LogP contribution in [0, 0.1) is 0 Å². The van der Waals surface area contributed by atoms with Gasteiger partial charge in [-0.3, -0.25) is 4.98 Å². The highest BCUT2D eigenvalue weighted by atomic mass is 35.5. The summed E-state index contributed by atoms with van der Waals surface area (Å²) >= 11 is 7.64. The van der Waals surface area contributed by atoms with Gasteiger partial charge < -0.3 is 10.1 Å². The highest BCUT2D eigenvalue weighted by molar-refractivity contribution is 7.16. The molecule has 2 aromatic rings. The van der Waals surface area contributed by atoms with Crippen molar-refractivity contribution in [3.8, 4) is 5.75 Å². The molecule has 0 radical (unpaired) electrons. The van der Waals surface area contributed by atoms with E-state index >= 15 is 0 Å². The Morgan fingerprint density at radius 1 is 1.40 bits per heavy atom. The standard InChI is InChI=1S/C15H19ClN2OS/c1-3-7-18-13(9-11-4-5-15(16)20-11)12-6-8-17-10-14(12)19-2/h4-6,8,10,13,18H,3,7,9H2,1-2H3. The van der Waals surface area contributed by atoms with Crippen LogP contribution in [0.1, 0.15) is 29.8 Å². The molecule has 0 aromatic carbocycles. The second-order valence-electron chi connectivity index (χ2n) is 4.53. The zero-order chi connectivity index (χ0) is 14.4. The minimum absolute atomic E-state index is 0.211. The summed E-state index contributed by atoms with van der Waals surface area (Å²) < 4.78 is 6.25. The van der Waals surface area contributed by atoms with Crippen molar-refractivity contribution in [1.29, 1.82) is 0 Å². The maximum absolute atomic E-state index is 6.02. The van der Waals surface area contributed by atoms with Crippen LogP contribution in [0.2, 0.25) is 4.34 Å². The molecule has 0 aliphatic heterocycles. The fourth-order valence-electron chi connectivity index (χ4n) is 2.12. The molecule has 1 N–H and O–H groups in total. The minimum Gasteiger partial charge on any atom is -0.495 e. The van der Waals surface area contributed by atoms with Gasteiger partial charge in [-0.25, -0.2) is 0 Å². The highest BCUT2D eigenvalue weighted by Gasteiger charge is 2.17. The number of aromatic nitrogens is 1. The summed E-state index contributed by atoms with van der Waals surface area (Å²) in [6, 6.07) is 6.26. The molecule has 20 heavy (non-hydrogen) atoms. The molecular weight excluding hydrogens is 292 g/mol. The van der Waals surface area contributed by atoms with Crippen molar-refractivity contribution in [2.45, 2.75) is 25.8 Å². The smallest absolute Gasteiger partial charge is 0.141 e. The average molecular weight is 311 g/mol. The van der Waals surface area contributed by atoms with Crippen LogP contribution in [-0.2, 0) is 6.42 Å². The molecule has 0 aliphatic carbocycles. The van der Waals surface area contributed by atoms with Crippen molar-refractivity contribution in [2.24, 2.45) is 0 Å². The first kappa shape index (κ1) is 15.3. The normalized spacial score (nSPS) is 12.3. The first-order valence-corrected chi connectivity index (χ1v) is 7.89. The number of pyridine rings is 1. The average Bonchev–Trinajstić information content (AvgIpc) is 2.88. The van der Waals surface area contributed by atoms with E-state index in [0.717, 1.165) is 35.0 Å². The summed E-state index contributed by atoms with van der Waals surface area (Å²) in [5.74, 6) is 0.823. The largest absolute Gasteiger partial charge is 0.495 e. The monoisotopic (exact) mass is 310 g/mol. The van der Waals surface area contributed by atoms with Crippen LogP contribution in [0.3, 0.4) is 0 Å². The minimum atomic E-state index is 0.211. The zero-order valence-electron chi connectivity index (χ0n) is 11.7. The van der Waals surface area contributed by atoms with E-state index in [-0.39, 0.29) is 6.04 Å². The Bertz CT molecular complexity index is 544. The fraction of sp³-hybridized carbons (Fsp3) is 0.400. The van der Waals surface area contributed by atoms with Crippen molar-refractivity contribution in [3.63, 3.8) is 0 Å². The van der Waals surface area contributed by atoms with Crippen LogP contribution < -0.4 is 10.1 Å². The second kappa shape index (κ2) is 7.62. The third kappa shape index (κ3) is 3.95. The van der Waals surface area contributed by atoms with E-state index in [2.05, 4.69) is 23.3 Å². The number of methoxy groups -OCH3 is 1. The maximum Gasteiger partial charge on any atom is 0.141 e. The molecule has 0 bridgehead atoms. The number of halogens is 1. The lowest BCUT2D eigenvalue weighted by molar-refractivity contribution is 0.396. The molecule has 3 nitrogen and oxygen atoms in total. The first-order chi connectivity index (χ1) is 9.74. The van der Waals surface area contributed by atoms with Crippen LogP contribution in [-0.4, -0.2) is 18.6 Å². The van der Waals surface area contributed by atoms with E-state index in [4.69, 9.17) is 16.3 Å². The number of ether oxygens (including phenoxy) is 1. The van der Waals surface area contributed by atoms with Gasteiger partial charge in [0.05, 0.1) is 17.6 Å². The molecule has 0 aliphatic rings. The summed E-state index contributed by atoms with van der Waals surface area (Å²) in [4.78, 5) is 5.38. The van der Waals surface area contributed by atoms with Crippen LogP contribution in [0.15, 0.2) is 30.6 Å². The SMILES string of the molecule is CCCNC(Cc1ccc(Cl)s1)c1ccncc1OC. The van der Waals surface area contributed by atoms with E-state index in [0.29, 0.717) is 0 Å². The third-order valence-electron chi connectivity index (χ3n) is 3.09. The number of thiophene rings is 1. The number of hydrogen-bond donors (Lipinski definition) is 1. The number of hydrogen-bond acceptors (Lipinski definition) is 4. The molecule has 1 atom stereocenters. The molecule has 0 spiro atoms. The zero-order valence-corrected chi connectivity index (χ0v) is 13.3. The molecule has 0 fully saturated rings. The molecule has 0 amide bonds. The van der Waals surface area contributed by atoms with Crippen LogP contribution in [0.25, 0.3) is 0 Å². The van der Waals surface area contributed by atoms with E-state index in [1.807, 2.05) is 12.1 Å². The predicted octanol–water partition coefficient (Wildman–Crippen LogP) is 4.09. The topological polar surface area (TPSA) is 34.2 Å². The van der Waals surface area contributed by atoms with Gasteiger partial charge in [0, 0.05) is 29.1 Å². The Hall–Kier alpha value is -1.10. The number of rotatable bonds is 7. The van der Waals surface area contributed by atoms with Gasteiger partial charge in [0.15, 0.2) is 0 Å². The lowest BCUT2D eigenvalue weighted by atomic mass is 10.0. The van der Waals surface area contributed by atoms with Gasteiger partial charge in [-0.05, 0) is 31.2 Å². The highest BCUT2D eigenvalue weighted by Crippen LogP contribution is 2.30. The molecule has 2 heterocycles. The molecule has 5 heteroatoms. The van der Waals surface area contributed by atoms with Crippen molar-refractivity contribution in [2.75, 3.05) is 13.7 Å². The van der Waals surface area contributed by atoms with Crippen LogP contribution in [0.5, 0.6) is 5.75 Å². The maximum atomic E-state index is 6.02. The van der Waals surface area contributed by atoms with Crippen molar-refractivity contribution in [3.05, 3.63) is 45.4 Å². The fourth-order valence-corrected chi connectivity index (χ4v) is 3.26. The van der Waals surface area contributed by atoms with Gasteiger partial charge >= 0.3 is 0 Å².